The Morgan fingerprint density at radius 2 is 1.65 bits per heavy atom. The van der Waals surface area contributed by atoms with Crippen molar-refractivity contribution in [2.75, 3.05) is 40.5 Å². The molecule has 0 aliphatic rings. The predicted molar refractivity (Wildman–Crippen MR) is 84.8 cm³/mol. The average molecular weight is 323 g/mol. The third-order valence-corrected chi connectivity index (χ3v) is 3.54. The van der Waals surface area contributed by atoms with Crippen LogP contribution in [-0.4, -0.2) is 55.6 Å². The highest BCUT2D eigenvalue weighted by atomic mass is 16.5. The number of hydrogen-bond acceptors (Lipinski definition) is 7. The molecule has 0 bridgehead atoms. The Hall–Kier alpha value is -2.09. The van der Waals surface area contributed by atoms with Crippen LogP contribution in [0.1, 0.15) is 5.56 Å². The number of phenols is 2. The summed E-state index contributed by atoms with van der Waals surface area (Å²) in [5, 5.41) is 19.8. The Labute approximate surface area is 133 Å². The summed E-state index contributed by atoms with van der Waals surface area (Å²) in [4.78, 5) is 13.8. The number of ether oxygens (including phenoxy) is 2. The molecule has 2 rings (SSSR count). The summed E-state index contributed by atoms with van der Waals surface area (Å²) in [5.41, 5.74) is 0.441. The van der Waals surface area contributed by atoms with Gasteiger partial charge in [0.2, 0.25) is 0 Å². The van der Waals surface area contributed by atoms with E-state index in [1.165, 1.54) is 18.2 Å². The zero-order valence-corrected chi connectivity index (χ0v) is 13.2. The molecule has 7 nitrogen and oxygen atoms in total. The smallest absolute Gasteiger partial charge is 0.336 e. The maximum Gasteiger partial charge on any atom is 0.336 e. The normalized spacial score (nSPS) is 11.4. The summed E-state index contributed by atoms with van der Waals surface area (Å²) in [6, 6.07) is 4.03. The van der Waals surface area contributed by atoms with Crippen molar-refractivity contribution in [2.24, 2.45) is 0 Å². The second-order valence-electron chi connectivity index (χ2n) is 5.19. The number of nitrogens with zero attached hydrogens (tertiary/aromatic N) is 1. The fourth-order valence-electron chi connectivity index (χ4n) is 2.33. The Morgan fingerprint density at radius 1 is 1.04 bits per heavy atom. The molecule has 1 aromatic carbocycles. The van der Waals surface area contributed by atoms with Crippen LogP contribution in [-0.2, 0) is 16.0 Å². The van der Waals surface area contributed by atoms with Crippen LogP contribution in [0.5, 0.6) is 11.5 Å². The number of aromatic hydroxyl groups is 2. The second-order valence-corrected chi connectivity index (χ2v) is 5.19. The lowest BCUT2D eigenvalue weighted by atomic mass is 10.1. The summed E-state index contributed by atoms with van der Waals surface area (Å²) in [7, 11) is 3.25. The van der Waals surface area contributed by atoms with Gasteiger partial charge in [0.05, 0.1) is 13.2 Å². The molecular weight excluding hydrogens is 302 g/mol. The standard InChI is InChI=1S/C16H21NO6/c1-21-5-3-17(4-6-22-2)10-11-7-16(20)23-15-9-14(19)13(18)8-12(11)15/h7-9,18-19H,3-6,10H2,1-2H3. The SMILES string of the molecule is COCCN(CCOC)Cc1cc(=O)oc2cc(O)c(O)cc12. The quantitative estimate of drug-likeness (QED) is 0.559. The highest BCUT2D eigenvalue weighted by molar-refractivity contribution is 5.83. The first kappa shape index (κ1) is 17.3. The average Bonchev–Trinajstić information content (AvgIpc) is 2.51. The monoisotopic (exact) mass is 323 g/mol. The number of methoxy groups -OCH3 is 2. The summed E-state index contributed by atoms with van der Waals surface area (Å²) >= 11 is 0. The molecule has 2 aromatic rings. The van der Waals surface area contributed by atoms with Gasteiger partial charge in [-0.15, -0.1) is 0 Å². The molecule has 0 fully saturated rings. The molecular formula is C16H21NO6. The molecule has 0 unspecified atom stereocenters. The van der Waals surface area contributed by atoms with Gasteiger partial charge in [0.15, 0.2) is 11.5 Å². The minimum absolute atomic E-state index is 0.237. The molecule has 1 heterocycles. The maximum absolute atomic E-state index is 11.7. The van der Waals surface area contributed by atoms with Crippen molar-refractivity contribution in [3.63, 3.8) is 0 Å². The molecule has 2 N–H and O–H groups in total. The Kier molecular flexibility index (Phi) is 5.97. The minimum Gasteiger partial charge on any atom is -0.504 e. The van der Waals surface area contributed by atoms with Crippen LogP contribution in [0, 0.1) is 0 Å². The number of rotatable bonds is 8. The van der Waals surface area contributed by atoms with Crippen LogP contribution in [0.3, 0.4) is 0 Å². The number of fused-ring (bicyclic) bond motifs is 1. The van der Waals surface area contributed by atoms with Crippen LogP contribution in [0.15, 0.2) is 27.4 Å². The molecule has 0 saturated carbocycles. The third-order valence-electron chi connectivity index (χ3n) is 3.54. The Balaban J connectivity index is 2.36. The molecule has 0 saturated heterocycles. The first-order valence-electron chi connectivity index (χ1n) is 7.24. The van der Waals surface area contributed by atoms with Crippen molar-refractivity contribution < 1.29 is 24.1 Å². The molecule has 0 atom stereocenters. The molecule has 0 aliphatic carbocycles. The summed E-state index contributed by atoms with van der Waals surface area (Å²) in [6.07, 6.45) is 0. The van der Waals surface area contributed by atoms with E-state index in [-0.39, 0.29) is 17.1 Å². The molecule has 0 amide bonds. The van der Waals surface area contributed by atoms with E-state index in [1.54, 1.807) is 14.2 Å². The highest BCUT2D eigenvalue weighted by Gasteiger charge is 2.13. The van der Waals surface area contributed by atoms with Gasteiger partial charge in [-0.3, -0.25) is 4.90 Å². The van der Waals surface area contributed by atoms with E-state index in [9.17, 15) is 15.0 Å². The number of hydrogen-bond donors (Lipinski definition) is 2. The lowest BCUT2D eigenvalue weighted by molar-refractivity contribution is 0.110. The third kappa shape index (κ3) is 4.44. The molecule has 0 radical (unpaired) electrons. The van der Waals surface area contributed by atoms with Gasteiger partial charge in [0, 0.05) is 51.4 Å². The van der Waals surface area contributed by atoms with Gasteiger partial charge in [-0.1, -0.05) is 0 Å². The topological polar surface area (TPSA) is 92.4 Å². The van der Waals surface area contributed by atoms with Crippen molar-refractivity contribution in [2.45, 2.75) is 6.54 Å². The lowest BCUT2D eigenvalue weighted by Crippen LogP contribution is -2.30. The lowest BCUT2D eigenvalue weighted by Gasteiger charge is -2.22. The van der Waals surface area contributed by atoms with Gasteiger partial charge >= 0.3 is 5.63 Å². The summed E-state index contributed by atoms with van der Waals surface area (Å²) < 4.78 is 15.3. The van der Waals surface area contributed by atoms with E-state index in [2.05, 4.69) is 4.90 Å². The Morgan fingerprint density at radius 3 is 2.26 bits per heavy atom. The number of benzene rings is 1. The van der Waals surface area contributed by atoms with E-state index in [4.69, 9.17) is 13.9 Å². The fraction of sp³-hybridized carbons (Fsp3) is 0.438. The first-order valence-corrected chi connectivity index (χ1v) is 7.24. The minimum atomic E-state index is -0.504. The van der Waals surface area contributed by atoms with Gasteiger partial charge in [-0.05, 0) is 11.6 Å². The van der Waals surface area contributed by atoms with Crippen molar-refractivity contribution >= 4 is 11.0 Å². The van der Waals surface area contributed by atoms with Crippen LogP contribution in [0.25, 0.3) is 11.0 Å². The molecule has 0 aliphatic heterocycles. The molecule has 126 valence electrons. The Bertz CT molecular complexity index is 704. The van der Waals surface area contributed by atoms with E-state index in [0.29, 0.717) is 43.8 Å². The molecule has 7 heteroatoms. The van der Waals surface area contributed by atoms with E-state index < -0.39 is 5.63 Å². The fourth-order valence-corrected chi connectivity index (χ4v) is 2.33. The summed E-state index contributed by atoms with van der Waals surface area (Å²) in [5.74, 6) is -0.582. The van der Waals surface area contributed by atoms with Crippen molar-refractivity contribution in [3.05, 3.63) is 34.2 Å². The maximum atomic E-state index is 11.7. The van der Waals surface area contributed by atoms with Crippen LogP contribution in [0.2, 0.25) is 0 Å². The zero-order chi connectivity index (χ0) is 16.8. The van der Waals surface area contributed by atoms with Crippen LogP contribution >= 0.6 is 0 Å². The number of phenolic OH excluding ortho intramolecular Hbond substituents is 2. The van der Waals surface area contributed by atoms with E-state index in [0.717, 1.165) is 0 Å². The van der Waals surface area contributed by atoms with Gasteiger partial charge in [0.1, 0.15) is 5.58 Å². The van der Waals surface area contributed by atoms with E-state index in [1.807, 2.05) is 0 Å². The van der Waals surface area contributed by atoms with Crippen LogP contribution < -0.4 is 5.63 Å². The largest absolute Gasteiger partial charge is 0.504 e. The van der Waals surface area contributed by atoms with E-state index >= 15 is 0 Å². The van der Waals surface area contributed by atoms with Crippen molar-refractivity contribution in [1.82, 2.24) is 4.90 Å². The van der Waals surface area contributed by atoms with Crippen molar-refractivity contribution in [1.29, 1.82) is 0 Å². The molecule has 1 aromatic heterocycles. The molecule has 0 spiro atoms. The molecule has 23 heavy (non-hydrogen) atoms. The highest BCUT2D eigenvalue weighted by Crippen LogP contribution is 2.31. The van der Waals surface area contributed by atoms with Gasteiger partial charge in [0.25, 0.3) is 0 Å². The summed E-state index contributed by atoms with van der Waals surface area (Å²) in [6.45, 7) is 2.92. The van der Waals surface area contributed by atoms with Gasteiger partial charge in [-0.25, -0.2) is 4.79 Å². The predicted octanol–water partition coefficient (Wildman–Crippen LogP) is 1.30. The zero-order valence-electron chi connectivity index (χ0n) is 13.2. The first-order chi connectivity index (χ1) is 11.0. The van der Waals surface area contributed by atoms with Crippen molar-refractivity contribution in [3.8, 4) is 11.5 Å². The second kappa shape index (κ2) is 7.96. The van der Waals surface area contributed by atoms with Gasteiger partial charge < -0.3 is 24.1 Å². The van der Waals surface area contributed by atoms with Crippen LogP contribution in [0.4, 0.5) is 0 Å². The van der Waals surface area contributed by atoms with Gasteiger partial charge in [-0.2, -0.15) is 0 Å².